The number of benzene rings is 2. The fourth-order valence-corrected chi connectivity index (χ4v) is 5.93. The van der Waals surface area contributed by atoms with Crippen molar-refractivity contribution in [2.45, 2.75) is 24.9 Å². The number of anilines is 2. The van der Waals surface area contributed by atoms with E-state index < -0.39 is 34.1 Å². The van der Waals surface area contributed by atoms with E-state index in [9.17, 15) is 24.5 Å². The maximum atomic E-state index is 13.9. The van der Waals surface area contributed by atoms with Crippen LogP contribution in [0.2, 0.25) is 0 Å². The molecule has 4 atom stereocenters. The van der Waals surface area contributed by atoms with E-state index >= 15 is 0 Å². The van der Waals surface area contributed by atoms with Gasteiger partial charge in [0.05, 0.1) is 22.4 Å². The van der Waals surface area contributed by atoms with Crippen LogP contribution in [-0.4, -0.2) is 40.7 Å². The smallest absolute Gasteiger partial charge is 0.271 e. The number of thioether (sulfide) groups is 1. The van der Waals surface area contributed by atoms with Gasteiger partial charge in [0.1, 0.15) is 5.54 Å². The number of nitrogens with one attached hydrogen (secondary N) is 2. The van der Waals surface area contributed by atoms with E-state index in [4.69, 9.17) is 0 Å². The van der Waals surface area contributed by atoms with Crippen LogP contribution in [0.5, 0.6) is 0 Å². The lowest BCUT2D eigenvalue weighted by Crippen LogP contribution is -2.53. The zero-order valence-corrected chi connectivity index (χ0v) is 18.8. The van der Waals surface area contributed by atoms with E-state index in [0.29, 0.717) is 23.2 Å². The molecule has 0 bridgehead atoms. The van der Waals surface area contributed by atoms with Gasteiger partial charge in [-0.2, -0.15) is 11.8 Å². The summed E-state index contributed by atoms with van der Waals surface area (Å²) in [5.74, 6) is -2.25. The standard InChI is InChI=1S/C23H22N4O5S/c1-12-7-8-13(27(31)32)11-17(12)26-20(28)18-16(9-10-33-2)25-23(19(18)21(26)29)14-5-3-4-6-15(14)24-22(23)30/h3-8,11,16,18-19,25H,9-10H2,1-2H3,(H,24,30)/t16-,18+,19-,23-/m1/s1. The van der Waals surface area contributed by atoms with Crippen LogP contribution >= 0.6 is 11.8 Å². The first kappa shape index (κ1) is 21.6. The molecule has 170 valence electrons. The molecular formula is C23H22N4O5S. The van der Waals surface area contributed by atoms with Crippen molar-refractivity contribution in [3.05, 3.63) is 63.7 Å². The number of carbonyl (C=O) groups excluding carboxylic acids is 3. The molecule has 9 nitrogen and oxygen atoms in total. The van der Waals surface area contributed by atoms with Crippen LogP contribution in [0, 0.1) is 28.9 Å². The molecule has 0 aromatic heterocycles. The van der Waals surface area contributed by atoms with E-state index in [2.05, 4.69) is 10.6 Å². The summed E-state index contributed by atoms with van der Waals surface area (Å²) in [7, 11) is 0. The van der Waals surface area contributed by atoms with Crippen molar-refractivity contribution < 1.29 is 19.3 Å². The quantitative estimate of drug-likeness (QED) is 0.395. The highest BCUT2D eigenvalue weighted by Crippen LogP contribution is 2.54. The van der Waals surface area contributed by atoms with Gasteiger partial charge < -0.3 is 5.32 Å². The number of para-hydroxylation sites is 1. The molecule has 33 heavy (non-hydrogen) atoms. The third-order valence-corrected chi connectivity index (χ3v) is 7.54. The van der Waals surface area contributed by atoms with Crippen LogP contribution in [0.25, 0.3) is 0 Å². The van der Waals surface area contributed by atoms with Crippen LogP contribution in [0.1, 0.15) is 17.5 Å². The number of aryl methyl sites for hydroxylation is 1. The van der Waals surface area contributed by atoms with Crippen LogP contribution in [-0.2, 0) is 19.9 Å². The van der Waals surface area contributed by atoms with Crippen LogP contribution in [0.4, 0.5) is 17.1 Å². The Kier molecular flexibility index (Phi) is 5.02. The van der Waals surface area contributed by atoms with Crippen molar-refractivity contribution in [3.8, 4) is 0 Å². The second kappa shape index (κ2) is 7.67. The molecule has 10 heteroatoms. The number of nitro benzene ring substituents is 1. The summed E-state index contributed by atoms with van der Waals surface area (Å²) in [6, 6.07) is 10.9. The molecule has 2 aromatic carbocycles. The molecular weight excluding hydrogens is 444 g/mol. The average Bonchev–Trinajstić information content (AvgIpc) is 3.37. The number of nitro groups is 1. The van der Waals surface area contributed by atoms with Gasteiger partial charge in [-0.15, -0.1) is 0 Å². The lowest BCUT2D eigenvalue weighted by molar-refractivity contribution is -0.384. The fraction of sp³-hybridized carbons (Fsp3) is 0.348. The molecule has 0 aliphatic carbocycles. The Hall–Kier alpha value is -3.24. The summed E-state index contributed by atoms with van der Waals surface area (Å²) in [4.78, 5) is 52.8. The third-order valence-electron chi connectivity index (χ3n) is 6.90. The van der Waals surface area contributed by atoms with Crippen molar-refractivity contribution >= 4 is 46.5 Å². The number of fused-ring (bicyclic) bond motifs is 4. The Balaban J connectivity index is 1.66. The highest BCUT2D eigenvalue weighted by atomic mass is 32.2. The number of hydrogen-bond acceptors (Lipinski definition) is 7. The summed E-state index contributed by atoms with van der Waals surface area (Å²) >= 11 is 1.62. The predicted molar refractivity (Wildman–Crippen MR) is 124 cm³/mol. The van der Waals surface area contributed by atoms with Crippen molar-refractivity contribution in [2.75, 3.05) is 22.2 Å². The largest absolute Gasteiger partial charge is 0.324 e. The Morgan fingerprint density at radius 1 is 1.15 bits per heavy atom. The van der Waals surface area contributed by atoms with Gasteiger partial charge in [0.15, 0.2) is 0 Å². The summed E-state index contributed by atoms with van der Waals surface area (Å²) in [5.41, 5.74) is 0.463. The van der Waals surface area contributed by atoms with Gasteiger partial charge >= 0.3 is 0 Å². The second-order valence-corrected chi connectivity index (χ2v) is 9.57. The molecule has 3 aliphatic heterocycles. The molecule has 0 radical (unpaired) electrons. The number of rotatable bonds is 5. The Morgan fingerprint density at radius 2 is 1.91 bits per heavy atom. The molecule has 2 fully saturated rings. The van der Waals surface area contributed by atoms with E-state index in [1.54, 1.807) is 43.0 Å². The summed E-state index contributed by atoms with van der Waals surface area (Å²) < 4.78 is 0. The first-order valence-electron chi connectivity index (χ1n) is 10.6. The van der Waals surface area contributed by atoms with E-state index in [1.165, 1.54) is 18.2 Å². The van der Waals surface area contributed by atoms with Gasteiger partial charge in [0.2, 0.25) is 17.7 Å². The van der Waals surface area contributed by atoms with Gasteiger partial charge in [-0.1, -0.05) is 24.3 Å². The lowest BCUT2D eigenvalue weighted by Gasteiger charge is -2.29. The van der Waals surface area contributed by atoms with Gasteiger partial charge in [0, 0.05) is 29.4 Å². The van der Waals surface area contributed by atoms with Gasteiger partial charge in [-0.3, -0.25) is 29.8 Å². The monoisotopic (exact) mass is 466 g/mol. The van der Waals surface area contributed by atoms with Crippen molar-refractivity contribution in [1.29, 1.82) is 0 Å². The van der Waals surface area contributed by atoms with Crippen LogP contribution in [0.3, 0.4) is 0 Å². The number of hydrogen-bond donors (Lipinski definition) is 2. The normalized spacial score (nSPS) is 27.8. The molecule has 2 N–H and O–H groups in total. The van der Waals surface area contributed by atoms with E-state index in [0.717, 1.165) is 10.7 Å². The van der Waals surface area contributed by atoms with Crippen molar-refractivity contribution in [2.24, 2.45) is 11.8 Å². The summed E-state index contributed by atoms with van der Waals surface area (Å²) in [6.45, 7) is 1.70. The number of imide groups is 1. The minimum atomic E-state index is -1.36. The molecule has 3 amide bonds. The molecule has 0 saturated carbocycles. The van der Waals surface area contributed by atoms with Crippen molar-refractivity contribution in [1.82, 2.24) is 5.32 Å². The second-order valence-electron chi connectivity index (χ2n) is 8.58. The topological polar surface area (TPSA) is 122 Å². The fourth-order valence-electron chi connectivity index (χ4n) is 5.44. The number of non-ortho nitro benzene ring substituents is 1. The summed E-state index contributed by atoms with van der Waals surface area (Å²) in [5, 5.41) is 17.6. The zero-order chi connectivity index (χ0) is 23.5. The van der Waals surface area contributed by atoms with Gasteiger partial charge in [-0.25, -0.2) is 4.90 Å². The lowest BCUT2D eigenvalue weighted by atomic mass is 9.76. The molecule has 2 saturated heterocycles. The predicted octanol–water partition coefficient (Wildman–Crippen LogP) is 2.58. The Morgan fingerprint density at radius 3 is 2.64 bits per heavy atom. The molecule has 3 aliphatic rings. The van der Waals surface area contributed by atoms with Gasteiger partial charge in [-0.05, 0) is 37.0 Å². The van der Waals surface area contributed by atoms with Crippen molar-refractivity contribution in [3.63, 3.8) is 0 Å². The highest BCUT2D eigenvalue weighted by molar-refractivity contribution is 7.98. The molecule has 5 rings (SSSR count). The summed E-state index contributed by atoms with van der Waals surface area (Å²) in [6.07, 6.45) is 2.56. The SMILES string of the molecule is CSCC[C@H]1N[C@@]2(C(=O)Nc3ccccc32)[C@H]2C(=O)N(c3cc([N+](=O)[O-])ccc3C)C(=O)[C@@H]12. The first-order valence-corrected chi connectivity index (χ1v) is 12.0. The molecule has 2 aromatic rings. The van der Waals surface area contributed by atoms with Gasteiger partial charge in [0.25, 0.3) is 5.69 Å². The minimum absolute atomic E-state index is 0.194. The van der Waals surface area contributed by atoms with Crippen LogP contribution < -0.4 is 15.5 Å². The zero-order valence-electron chi connectivity index (χ0n) is 18.0. The first-order chi connectivity index (χ1) is 15.8. The van der Waals surface area contributed by atoms with E-state index in [1.807, 2.05) is 6.26 Å². The highest BCUT2D eigenvalue weighted by Gasteiger charge is 2.70. The molecule has 1 spiro atoms. The maximum Gasteiger partial charge on any atom is 0.271 e. The number of nitrogens with zero attached hydrogens (tertiary/aromatic N) is 2. The van der Waals surface area contributed by atoms with E-state index in [-0.39, 0.29) is 23.3 Å². The average molecular weight is 467 g/mol. The molecule has 3 heterocycles. The minimum Gasteiger partial charge on any atom is -0.324 e. The Bertz CT molecular complexity index is 1220. The number of amides is 3. The van der Waals surface area contributed by atoms with Crippen LogP contribution in [0.15, 0.2) is 42.5 Å². The molecule has 0 unspecified atom stereocenters. The maximum absolute atomic E-state index is 13.9. The third kappa shape index (κ3) is 2.94. The number of carbonyl (C=O) groups is 3. The Labute approximate surface area is 194 Å².